The van der Waals surface area contributed by atoms with E-state index in [1.807, 2.05) is 0 Å². The van der Waals surface area contributed by atoms with Crippen molar-refractivity contribution in [2.45, 2.75) is 25.4 Å². The smallest absolute Gasteiger partial charge is 0.224 e. The van der Waals surface area contributed by atoms with Gasteiger partial charge in [0.05, 0.1) is 12.8 Å². The minimum atomic E-state index is -3.18. The molecule has 0 spiro atoms. The lowest BCUT2D eigenvalue weighted by Crippen LogP contribution is -2.33. The van der Waals surface area contributed by atoms with Crippen LogP contribution in [-0.2, 0) is 16.6 Å². The van der Waals surface area contributed by atoms with E-state index in [1.54, 1.807) is 18.4 Å². The molecular weight excluding hydrogens is 282 g/mol. The molecule has 0 atom stereocenters. The number of hydrogen-bond acceptors (Lipinski definition) is 3. The molecule has 0 amide bonds. The Hall–Kier alpha value is -0.330. The molecule has 0 bridgehead atoms. The highest BCUT2D eigenvalue weighted by Crippen LogP contribution is 2.31. The molecule has 0 N–H and O–H groups in total. The van der Waals surface area contributed by atoms with Gasteiger partial charge in [0.15, 0.2) is 0 Å². The Bertz CT molecular complexity index is 411. The summed E-state index contributed by atoms with van der Waals surface area (Å²) in [7, 11) is -3.18. The van der Waals surface area contributed by atoms with Crippen molar-refractivity contribution < 1.29 is 12.8 Å². The van der Waals surface area contributed by atoms with Crippen molar-refractivity contribution in [2.75, 3.05) is 4.66 Å². The number of sulfonamides is 1. The van der Waals surface area contributed by atoms with E-state index in [2.05, 4.69) is 15.9 Å². The Kier molecular flexibility index (Phi) is 3.18. The van der Waals surface area contributed by atoms with Crippen molar-refractivity contribution in [1.29, 1.82) is 0 Å². The molecule has 1 aromatic heterocycles. The third-order valence-corrected chi connectivity index (χ3v) is 5.49. The molecule has 1 saturated carbocycles. The van der Waals surface area contributed by atoms with Crippen LogP contribution < -0.4 is 0 Å². The van der Waals surface area contributed by atoms with E-state index in [9.17, 15) is 8.42 Å². The number of rotatable bonds is 5. The zero-order valence-electron chi connectivity index (χ0n) is 8.10. The summed E-state index contributed by atoms with van der Waals surface area (Å²) in [5.74, 6) is 0.687. The molecule has 6 heteroatoms. The second kappa shape index (κ2) is 4.27. The van der Waals surface area contributed by atoms with Gasteiger partial charge in [-0.05, 0) is 25.0 Å². The molecular formula is C9H12BrNO3S. The van der Waals surface area contributed by atoms with Gasteiger partial charge >= 0.3 is 0 Å². The maximum absolute atomic E-state index is 11.7. The van der Waals surface area contributed by atoms with Crippen molar-refractivity contribution >= 4 is 26.0 Å². The maximum atomic E-state index is 11.7. The molecule has 1 aliphatic carbocycles. The first-order valence-corrected chi connectivity index (χ1v) is 7.44. The molecule has 0 saturated heterocycles. The molecule has 2 rings (SSSR count). The maximum Gasteiger partial charge on any atom is 0.224 e. The molecule has 1 aliphatic rings. The van der Waals surface area contributed by atoms with Gasteiger partial charge in [-0.25, -0.2) is 8.42 Å². The van der Waals surface area contributed by atoms with Crippen molar-refractivity contribution in [2.24, 2.45) is 0 Å². The minimum absolute atomic E-state index is 0.0305. The third-order valence-electron chi connectivity index (χ3n) is 2.34. The summed E-state index contributed by atoms with van der Waals surface area (Å²) in [6.07, 6.45) is 3.46. The number of alkyl halides is 1. The molecule has 15 heavy (non-hydrogen) atoms. The Labute approximate surface area is 97.4 Å². The van der Waals surface area contributed by atoms with Crippen molar-refractivity contribution in [3.63, 3.8) is 0 Å². The van der Waals surface area contributed by atoms with E-state index in [4.69, 9.17) is 4.42 Å². The van der Waals surface area contributed by atoms with Gasteiger partial charge in [0.2, 0.25) is 10.0 Å². The van der Waals surface area contributed by atoms with Crippen LogP contribution >= 0.6 is 15.9 Å². The van der Waals surface area contributed by atoms with Crippen LogP contribution in [0.1, 0.15) is 18.6 Å². The first-order chi connectivity index (χ1) is 7.13. The number of nitrogens with zero attached hydrogens (tertiary/aromatic N) is 1. The lowest BCUT2D eigenvalue weighted by Gasteiger charge is -2.18. The summed E-state index contributed by atoms with van der Waals surface area (Å²) in [6, 6.07) is 3.72. The van der Waals surface area contributed by atoms with E-state index in [1.165, 1.54) is 4.31 Å². The molecule has 84 valence electrons. The molecule has 0 aromatic carbocycles. The Morgan fingerprint density at radius 3 is 2.73 bits per heavy atom. The predicted molar refractivity (Wildman–Crippen MR) is 60.0 cm³/mol. The summed E-state index contributed by atoms with van der Waals surface area (Å²) >= 11 is 3.01. The van der Waals surface area contributed by atoms with Gasteiger partial charge in [0.25, 0.3) is 0 Å². The SMILES string of the molecule is O=S(=O)(CBr)N(Cc1ccco1)C1CC1. The summed E-state index contributed by atoms with van der Waals surface area (Å²) in [4.78, 5) is 0. The lowest BCUT2D eigenvalue weighted by molar-refractivity contribution is 0.359. The first-order valence-electron chi connectivity index (χ1n) is 4.71. The lowest BCUT2D eigenvalue weighted by atomic mass is 10.4. The second-order valence-electron chi connectivity index (χ2n) is 3.58. The van der Waals surface area contributed by atoms with Crippen molar-refractivity contribution in [3.05, 3.63) is 24.2 Å². The van der Waals surface area contributed by atoms with E-state index >= 15 is 0 Å². The molecule has 0 unspecified atom stereocenters. The Morgan fingerprint density at radius 2 is 2.27 bits per heavy atom. The van der Waals surface area contributed by atoms with Crippen LogP contribution in [0.25, 0.3) is 0 Å². The van der Waals surface area contributed by atoms with E-state index < -0.39 is 10.0 Å². The third kappa shape index (κ3) is 2.62. The number of furan rings is 1. The normalized spacial score (nSPS) is 17.2. The number of halogens is 1. The van der Waals surface area contributed by atoms with Crippen LogP contribution in [-0.4, -0.2) is 23.4 Å². The molecule has 0 aliphatic heterocycles. The van der Waals surface area contributed by atoms with E-state index in [0.717, 1.165) is 12.8 Å². The summed E-state index contributed by atoms with van der Waals surface area (Å²) < 4.78 is 30.1. The summed E-state index contributed by atoms with van der Waals surface area (Å²) in [5.41, 5.74) is 0. The molecule has 1 fully saturated rings. The zero-order valence-corrected chi connectivity index (χ0v) is 10.5. The minimum Gasteiger partial charge on any atom is -0.468 e. The average Bonchev–Trinajstić information content (AvgIpc) is 2.92. The standard InChI is InChI=1S/C9H12BrNO3S/c10-7-15(12,13)11(8-3-4-8)6-9-2-1-5-14-9/h1-2,5,8H,3-4,6-7H2. The predicted octanol–water partition coefficient (Wildman–Crippen LogP) is 1.93. The highest BCUT2D eigenvalue weighted by molar-refractivity contribution is 9.10. The van der Waals surface area contributed by atoms with Gasteiger partial charge in [0, 0.05) is 6.04 Å². The van der Waals surface area contributed by atoms with Gasteiger partial charge in [-0.2, -0.15) is 4.31 Å². The largest absolute Gasteiger partial charge is 0.468 e. The van der Waals surface area contributed by atoms with Crippen LogP contribution in [0.4, 0.5) is 0 Å². The quantitative estimate of drug-likeness (QED) is 0.780. The van der Waals surface area contributed by atoms with Crippen LogP contribution in [0, 0.1) is 0 Å². The Morgan fingerprint density at radius 1 is 1.53 bits per heavy atom. The molecule has 1 aromatic rings. The van der Waals surface area contributed by atoms with Gasteiger partial charge in [-0.3, -0.25) is 0 Å². The highest BCUT2D eigenvalue weighted by atomic mass is 79.9. The number of hydrogen-bond donors (Lipinski definition) is 0. The zero-order chi connectivity index (χ0) is 10.9. The van der Waals surface area contributed by atoms with Gasteiger partial charge < -0.3 is 4.42 Å². The summed E-state index contributed by atoms with van der Waals surface area (Å²) in [6.45, 7) is 0.339. The van der Waals surface area contributed by atoms with Crippen LogP contribution in [0.15, 0.2) is 22.8 Å². The Balaban J connectivity index is 2.14. The van der Waals surface area contributed by atoms with E-state index in [0.29, 0.717) is 12.3 Å². The fourth-order valence-electron chi connectivity index (χ4n) is 1.44. The van der Waals surface area contributed by atoms with Gasteiger partial charge in [-0.1, -0.05) is 15.9 Å². The fourth-order valence-corrected chi connectivity index (χ4v) is 3.34. The highest BCUT2D eigenvalue weighted by Gasteiger charge is 2.36. The van der Waals surface area contributed by atoms with Gasteiger partial charge in [-0.15, -0.1) is 0 Å². The fraction of sp³-hybridized carbons (Fsp3) is 0.556. The van der Waals surface area contributed by atoms with E-state index in [-0.39, 0.29) is 10.7 Å². The van der Waals surface area contributed by atoms with Crippen molar-refractivity contribution in [3.8, 4) is 0 Å². The second-order valence-corrected chi connectivity index (χ2v) is 6.80. The average molecular weight is 294 g/mol. The van der Waals surface area contributed by atoms with Crippen LogP contribution in [0.5, 0.6) is 0 Å². The first kappa shape index (κ1) is 11.2. The molecule has 1 heterocycles. The van der Waals surface area contributed by atoms with Crippen LogP contribution in [0.2, 0.25) is 0 Å². The molecule has 0 radical (unpaired) electrons. The summed E-state index contributed by atoms with van der Waals surface area (Å²) in [5, 5.41) is 0. The van der Waals surface area contributed by atoms with Crippen LogP contribution in [0.3, 0.4) is 0 Å². The molecule has 4 nitrogen and oxygen atoms in total. The van der Waals surface area contributed by atoms with Gasteiger partial charge in [0.1, 0.15) is 10.4 Å². The van der Waals surface area contributed by atoms with Crippen molar-refractivity contribution in [1.82, 2.24) is 4.31 Å². The topological polar surface area (TPSA) is 50.5 Å². The monoisotopic (exact) mass is 293 g/mol.